The maximum atomic E-state index is 10.6. The third-order valence-corrected chi connectivity index (χ3v) is 2.58. The predicted octanol–water partition coefficient (Wildman–Crippen LogP) is 0.396. The second-order valence-corrected chi connectivity index (χ2v) is 4.76. The van der Waals surface area contributed by atoms with Crippen LogP contribution in [0.2, 0.25) is 0 Å². The molecule has 0 unspecified atom stereocenters. The summed E-state index contributed by atoms with van der Waals surface area (Å²) in [5.41, 5.74) is 0.833. The number of hydrogen-bond acceptors (Lipinski definition) is 4. The molecule has 0 atom stereocenters. The van der Waals surface area contributed by atoms with Crippen LogP contribution < -0.4 is 15.2 Å². The van der Waals surface area contributed by atoms with Crippen LogP contribution in [-0.2, 0) is 10.0 Å². The summed E-state index contributed by atoms with van der Waals surface area (Å²) in [6.45, 7) is 0.297. The van der Waals surface area contributed by atoms with Crippen molar-refractivity contribution >= 4 is 15.7 Å². The Balaban J connectivity index is 2.45. The summed E-state index contributed by atoms with van der Waals surface area (Å²) in [5, 5.41) is 7.80. The van der Waals surface area contributed by atoms with Crippen LogP contribution in [0.15, 0.2) is 24.3 Å². The van der Waals surface area contributed by atoms with E-state index in [1.54, 1.807) is 19.2 Å². The van der Waals surface area contributed by atoms with Crippen molar-refractivity contribution in [1.29, 1.82) is 0 Å². The van der Waals surface area contributed by atoms with Crippen LogP contribution in [-0.4, -0.2) is 27.8 Å². The van der Waals surface area contributed by atoms with E-state index in [9.17, 15) is 8.42 Å². The first-order valence-electron chi connectivity index (χ1n) is 4.40. The summed E-state index contributed by atoms with van der Waals surface area (Å²) < 4.78 is 26.3. The second-order valence-electron chi connectivity index (χ2n) is 3.02. The number of hydrogen-bond donors (Lipinski definition) is 2. The number of nitrogens with one attached hydrogen (secondary N) is 1. The highest BCUT2D eigenvalue weighted by atomic mass is 32.2. The van der Waals surface area contributed by atoms with Crippen molar-refractivity contribution in [2.75, 3.05) is 24.7 Å². The van der Waals surface area contributed by atoms with Gasteiger partial charge in [0.15, 0.2) is 0 Å². The van der Waals surface area contributed by atoms with Gasteiger partial charge in [-0.05, 0) is 24.3 Å². The lowest BCUT2D eigenvalue weighted by Gasteiger charge is -2.06. The number of nitrogens with two attached hydrogens (primary N) is 1. The van der Waals surface area contributed by atoms with Crippen LogP contribution in [0.1, 0.15) is 0 Å². The molecule has 1 rings (SSSR count). The highest BCUT2D eigenvalue weighted by Crippen LogP contribution is 2.14. The molecule has 0 radical (unpaired) electrons. The Hall–Kier alpha value is -1.27. The Kier molecular flexibility index (Phi) is 3.93. The molecule has 0 saturated carbocycles. The van der Waals surface area contributed by atoms with Gasteiger partial charge in [0.05, 0.1) is 12.9 Å². The van der Waals surface area contributed by atoms with Gasteiger partial charge < -0.3 is 10.1 Å². The van der Waals surface area contributed by atoms with Gasteiger partial charge in [-0.15, -0.1) is 0 Å². The van der Waals surface area contributed by atoms with Crippen LogP contribution in [0.5, 0.6) is 5.75 Å². The smallest absolute Gasteiger partial charge is 0.210 e. The molecule has 0 bridgehead atoms. The minimum absolute atomic E-state index is 0.0843. The van der Waals surface area contributed by atoms with E-state index in [1.165, 1.54) is 0 Å². The molecule has 0 aliphatic rings. The van der Waals surface area contributed by atoms with Gasteiger partial charge in [-0.2, -0.15) is 0 Å². The summed E-state index contributed by atoms with van der Waals surface area (Å²) in [6, 6.07) is 7.20. The molecule has 5 nitrogen and oxygen atoms in total. The van der Waals surface area contributed by atoms with Gasteiger partial charge in [0.2, 0.25) is 10.0 Å². The van der Waals surface area contributed by atoms with Crippen LogP contribution in [0.4, 0.5) is 5.69 Å². The van der Waals surface area contributed by atoms with E-state index in [4.69, 9.17) is 9.88 Å². The van der Waals surface area contributed by atoms with Gasteiger partial charge in [0.1, 0.15) is 5.75 Å². The Morgan fingerprint density at radius 1 is 1.33 bits per heavy atom. The minimum Gasteiger partial charge on any atom is -0.497 e. The van der Waals surface area contributed by atoms with E-state index in [0.29, 0.717) is 6.54 Å². The lowest BCUT2D eigenvalue weighted by molar-refractivity contribution is 0.415. The zero-order valence-electron chi connectivity index (χ0n) is 8.43. The van der Waals surface area contributed by atoms with Crippen LogP contribution in [0.3, 0.4) is 0 Å². The lowest BCUT2D eigenvalue weighted by Crippen LogP contribution is -2.22. The maximum absolute atomic E-state index is 10.6. The average Bonchev–Trinajstić information content (AvgIpc) is 2.17. The molecular formula is C9H14N2O3S. The van der Waals surface area contributed by atoms with Crippen LogP contribution >= 0.6 is 0 Å². The van der Waals surface area contributed by atoms with E-state index in [2.05, 4.69) is 5.32 Å². The van der Waals surface area contributed by atoms with Crippen molar-refractivity contribution in [1.82, 2.24) is 0 Å². The first-order chi connectivity index (χ1) is 7.01. The monoisotopic (exact) mass is 230 g/mol. The zero-order valence-corrected chi connectivity index (χ0v) is 9.25. The van der Waals surface area contributed by atoms with Crippen LogP contribution in [0, 0.1) is 0 Å². The third-order valence-electron chi connectivity index (χ3n) is 1.81. The van der Waals surface area contributed by atoms with Gasteiger partial charge in [-0.3, -0.25) is 0 Å². The second kappa shape index (κ2) is 4.99. The van der Waals surface area contributed by atoms with Crippen molar-refractivity contribution in [3.63, 3.8) is 0 Å². The summed E-state index contributed by atoms with van der Waals surface area (Å²) in [6.07, 6.45) is 0. The van der Waals surface area contributed by atoms with Crippen molar-refractivity contribution in [2.45, 2.75) is 0 Å². The number of sulfonamides is 1. The van der Waals surface area contributed by atoms with Crippen molar-refractivity contribution < 1.29 is 13.2 Å². The van der Waals surface area contributed by atoms with Crippen molar-refractivity contribution in [3.05, 3.63) is 24.3 Å². The highest BCUT2D eigenvalue weighted by molar-refractivity contribution is 7.89. The van der Waals surface area contributed by atoms with E-state index < -0.39 is 10.0 Å². The molecule has 3 N–H and O–H groups in total. The summed E-state index contributed by atoms with van der Waals surface area (Å²) in [4.78, 5) is 0. The normalized spacial score (nSPS) is 11.1. The minimum atomic E-state index is -3.39. The number of primary sulfonamides is 1. The largest absolute Gasteiger partial charge is 0.497 e. The maximum Gasteiger partial charge on any atom is 0.210 e. The van der Waals surface area contributed by atoms with Crippen molar-refractivity contribution in [2.24, 2.45) is 5.14 Å². The molecule has 1 aromatic rings. The first kappa shape index (κ1) is 11.8. The topological polar surface area (TPSA) is 81.4 Å². The van der Waals surface area contributed by atoms with Gasteiger partial charge in [-0.1, -0.05) is 0 Å². The fourth-order valence-electron chi connectivity index (χ4n) is 1.05. The number of ether oxygens (including phenoxy) is 1. The van der Waals surface area contributed by atoms with E-state index in [1.807, 2.05) is 12.1 Å². The Bertz CT molecular complexity index is 400. The number of benzene rings is 1. The van der Waals surface area contributed by atoms with Crippen molar-refractivity contribution in [3.8, 4) is 5.75 Å². The Labute approximate surface area is 89.3 Å². The molecular weight excluding hydrogens is 216 g/mol. The predicted molar refractivity (Wildman–Crippen MR) is 59.5 cm³/mol. The molecule has 84 valence electrons. The molecule has 0 fully saturated rings. The fourth-order valence-corrected chi connectivity index (χ4v) is 1.43. The summed E-state index contributed by atoms with van der Waals surface area (Å²) in [5.74, 6) is 0.672. The number of rotatable bonds is 5. The lowest BCUT2D eigenvalue weighted by atomic mass is 10.3. The molecule has 0 aliphatic carbocycles. The molecule has 0 saturated heterocycles. The zero-order chi connectivity index (χ0) is 11.3. The highest BCUT2D eigenvalue weighted by Gasteiger charge is 2.01. The Morgan fingerprint density at radius 2 is 1.93 bits per heavy atom. The average molecular weight is 230 g/mol. The fraction of sp³-hybridized carbons (Fsp3) is 0.333. The quantitative estimate of drug-likeness (QED) is 0.767. The summed E-state index contributed by atoms with van der Waals surface area (Å²) >= 11 is 0. The van der Waals surface area contributed by atoms with E-state index in [0.717, 1.165) is 11.4 Å². The van der Waals surface area contributed by atoms with E-state index in [-0.39, 0.29) is 5.75 Å². The Morgan fingerprint density at radius 3 is 2.40 bits per heavy atom. The molecule has 1 aromatic carbocycles. The van der Waals surface area contributed by atoms with Gasteiger partial charge in [0, 0.05) is 12.2 Å². The van der Waals surface area contributed by atoms with Crippen LogP contribution in [0.25, 0.3) is 0 Å². The SMILES string of the molecule is COc1ccc(NCCS(N)(=O)=O)cc1. The summed E-state index contributed by atoms with van der Waals surface area (Å²) in [7, 11) is -1.81. The van der Waals surface area contributed by atoms with Gasteiger partial charge >= 0.3 is 0 Å². The number of anilines is 1. The molecule has 0 spiro atoms. The standard InChI is InChI=1S/C9H14N2O3S/c1-14-9-4-2-8(3-5-9)11-6-7-15(10,12)13/h2-5,11H,6-7H2,1H3,(H2,10,12,13). The molecule has 15 heavy (non-hydrogen) atoms. The van der Waals surface area contributed by atoms with Gasteiger partial charge in [-0.25, -0.2) is 13.6 Å². The van der Waals surface area contributed by atoms with E-state index >= 15 is 0 Å². The molecule has 0 aliphatic heterocycles. The molecule has 0 heterocycles. The van der Waals surface area contributed by atoms with Gasteiger partial charge in [0.25, 0.3) is 0 Å². The molecule has 6 heteroatoms. The number of methoxy groups -OCH3 is 1. The molecule has 0 aromatic heterocycles. The molecule has 0 amide bonds. The first-order valence-corrected chi connectivity index (χ1v) is 6.11. The third kappa shape index (κ3) is 4.66.